The SMILES string of the molecule is CN(Cc1cccc([N+](=O)[O-])c1)S(=O)(=O)CCCC(=O)O. The molecule has 21 heavy (non-hydrogen) atoms. The van der Waals surface area contributed by atoms with E-state index in [1.54, 1.807) is 6.07 Å². The van der Waals surface area contributed by atoms with Gasteiger partial charge in [-0.2, -0.15) is 0 Å². The van der Waals surface area contributed by atoms with E-state index in [-0.39, 0.29) is 30.8 Å². The van der Waals surface area contributed by atoms with Crippen molar-refractivity contribution in [2.75, 3.05) is 12.8 Å². The molecule has 1 aromatic carbocycles. The van der Waals surface area contributed by atoms with Crippen molar-refractivity contribution in [3.8, 4) is 0 Å². The minimum atomic E-state index is -3.59. The van der Waals surface area contributed by atoms with Crippen molar-refractivity contribution in [2.24, 2.45) is 0 Å². The predicted molar refractivity (Wildman–Crippen MR) is 75.2 cm³/mol. The molecule has 0 unspecified atom stereocenters. The summed E-state index contributed by atoms with van der Waals surface area (Å²) < 4.78 is 24.9. The first-order valence-electron chi connectivity index (χ1n) is 6.11. The molecule has 0 spiro atoms. The smallest absolute Gasteiger partial charge is 0.303 e. The Morgan fingerprint density at radius 2 is 2.10 bits per heavy atom. The van der Waals surface area contributed by atoms with Gasteiger partial charge in [-0.05, 0) is 12.0 Å². The summed E-state index contributed by atoms with van der Waals surface area (Å²) in [7, 11) is -2.23. The molecule has 0 fully saturated rings. The number of hydrogen-bond acceptors (Lipinski definition) is 5. The van der Waals surface area contributed by atoms with Crippen LogP contribution < -0.4 is 0 Å². The van der Waals surface area contributed by atoms with E-state index < -0.39 is 20.9 Å². The zero-order valence-electron chi connectivity index (χ0n) is 11.4. The fourth-order valence-corrected chi connectivity index (χ4v) is 2.85. The number of nitrogens with zero attached hydrogens (tertiary/aromatic N) is 2. The fraction of sp³-hybridized carbons (Fsp3) is 0.417. The summed E-state index contributed by atoms with van der Waals surface area (Å²) in [6.45, 7) is -0.00289. The molecule has 0 radical (unpaired) electrons. The van der Waals surface area contributed by atoms with E-state index in [1.807, 2.05) is 0 Å². The molecule has 0 bridgehead atoms. The molecule has 0 saturated carbocycles. The normalized spacial score (nSPS) is 11.5. The third kappa shape index (κ3) is 5.48. The van der Waals surface area contributed by atoms with Crippen LogP contribution in [0, 0.1) is 10.1 Å². The molecule has 0 aliphatic carbocycles. The van der Waals surface area contributed by atoms with Gasteiger partial charge in [-0.25, -0.2) is 12.7 Å². The van der Waals surface area contributed by atoms with Crippen LogP contribution in [0.4, 0.5) is 5.69 Å². The Morgan fingerprint density at radius 3 is 2.67 bits per heavy atom. The summed E-state index contributed by atoms with van der Waals surface area (Å²) >= 11 is 0. The van der Waals surface area contributed by atoms with Crippen molar-refractivity contribution in [3.05, 3.63) is 39.9 Å². The van der Waals surface area contributed by atoms with Gasteiger partial charge in [-0.1, -0.05) is 12.1 Å². The second kappa shape index (κ2) is 7.14. The number of benzene rings is 1. The fourth-order valence-electron chi connectivity index (χ4n) is 1.69. The Bertz CT molecular complexity index is 628. The van der Waals surface area contributed by atoms with Crippen LogP contribution in [0.25, 0.3) is 0 Å². The summed E-state index contributed by atoms with van der Waals surface area (Å²) in [4.78, 5) is 20.5. The number of hydrogen-bond donors (Lipinski definition) is 1. The van der Waals surface area contributed by atoms with E-state index in [0.717, 1.165) is 4.31 Å². The summed E-state index contributed by atoms with van der Waals surface area (Å²) in [5.41, 5.74) is 0.387. The number of non-ortho nitro benzene ring substituents is 1. The van der Waals surface area contributed by atoms with Crippen LogP contribution in [-0.2, 0) is 21.4 Å². The lowest BCUT2D eigenvalue weighted by Crippen LogP contribution is -2.29. The number of carboxylic acid groups (broad SMARTS) is 1. The van der Waals surface area contributed by atoms with Gasteiger partial charge in [0, 0.05) is 32.1 Å². The van der Waals surface area contributed by atoms with Crippen LogP contribution >= 0.6 is 0 Å². The summed E-state index contributed by atoms with van der Waals surface area (Å²) in [6.07, 6.45) is -0.194. The van der Waals surface area contributed by atoms with Crippen LogP contribution in [0.3, 0.4) is 0 Å². The number of aliphatic carboxylic acids is 1. The molecule has 8 nitrogen and oxygen atoms in total. The predicted octanol–water partition coefficient (Wildman–Crippen LogP) is 1.22. The number of rotatable bonds is 8. The van der Waals surface area contributed by atoms with Gasteiger partial charge in [-0.15, -0.1) is 0 Å². The first kappa shape index (κ1) is 17.1. The van der Waals surface area contributed by atoms with Gasteiger partial charge in [-0.3, -0.25) is 14.9 Å². The van der Waals surface area contributed by atoms with Crippen LogP contribution in [0.5, 0.6) is 0 Å². The van der Waals surface area contributed by atoms with Crippen molar-refractivity contribution in [3.63, 3.8) is 0 Å². The Morgan fingerprint density at radius 1 is 1.43 bits per heavy atom. The molecule has 0 aliphatic rings. The van der Waals surface area contributed by atoms with Crippen molar-refractivity contribution in [1.82, 2.24) is 4.31 Å². The molecule has 1 aromatic rings. The topological polar surface area (TPSA) is 118 Å². The second-order valence-electron chi connectivity index (χ2n) is 4.50. The molecule has 0 amide bonds. The molecule has 9 heteroatoms. The van der Waals surface area contributed by atoms with Gasteiger partial charge in [0.2, 0.25) is 10.0 Å². The number of carbonyl (C=O) groups is 1. The Balaban J connectivity index is 2.71. The van der Waals surface area contributed by atoms with Crippen LogP contribution in [0.15, 0.2) is 24.3 Å². The molecular formula is C12H16N2O6S. The molecule has 0 atom stereocenters. The number of nitro benzene ring substituents is 1. The standard InChI is InChI=1S/C12H16N2O6S/c1-13(21(19,20)7-3-6-12(15)16)9-10-4-2-5-11(8-10)14(17)18/h2,4-5,8H,3,6-7,9H2,1H3,(H,15,16). The molecule has 1 rings (SSSR count). The third-order valence-corrected chi connectivity index (χ3v) is 4.68. The van der Waals surface area contributed by atoms with E-state index in [2.05, 4.69) is 0 Å². The van der Waals surface area contributed by atoms with Gasteiger partial charge in [0.25, 0.3) is 5.69 Å². The number of sulfonamides is 1. The lowest BCUT2D eigenvalue weighted by Gasteiger charge is -2.16. The molecule has 116 valence electrons. The highest BCUT2D eigenvalue weighted by atomic mass is 32.2. The largest absolute Gasteiger partial charge is 0.481 e. The van der Waals surface area contributed by atoms with E-state index in [1.165, 1.54) is 25.2 Å². The molecule has 0 heterocycles. The van der Waals surface area contributed by atoms with Gasteiger partial charge in [0.05, 0.1) is 10.7 Å². The van der Waals surface area contributed by atoms with E-state index >= 15 is 0 Å². The van der Waals surface area contributed by atoms with Crippen LogP contribution in [-0.4, -0.2) is 41.5 Å². The second-order valence-corrected chi connectivity index (χ2v) is 6.69. The van der Waals surface area contributed by atoms with Crippen molar-refractivity contribution in [1.29, 1.82) is 0 Å². The summed E-state index contributed by atoms with van der Waals surface area (Å²) in [6, 6.07) is 5.71. The first-order chi connectivity index (χ1) is 9.72. The minimum absolute atomic E-state index is 0.00289. The third-order valence-electron chi connectivity index (χ3n) is 2.79. The maximum absolute atomic E-state index is 11.9. The molecule has 0 aromatic heterocycles. The maximum atomic E-state index is 11.9. The van der Waals surface area contributed by atoms with Crippen LogP contribution in [0.2, 0.25) is 0 Å². The number of carboxylic acids is 1. The number of nitro groups is 1. The van der Waals surface area contributed by atoms with Crippen molar-refractivity contribution in [2.45, 2.75) is 19.4 Å². The highest BCUT2D eigenvalue weighted by Crippen LogP contribution is 2.16. The average molecular weight is 316 g/mol. The van der Waals surface area contributed by atoms with Gasteiger partial charge >= 0.3 is 5.97 Å². The lowest BCUT2D eigenvalue weighted by molar-refractivity contribution is -0.384. The molecular weight excluding hydrogens is 300 g/mol. The molecule has 1 N–H and O–H groups in total. The Hall–Kier alpha value is -2.00. The highest BCUT2D eigenvalue weighted by molar-refractivity contribution is 7.89. The van der Waals surface area contributed by atoms with Crippen LogP contribution in [0.1, 0.15) is 18.4 Å². The average Bonchev–Trinajstić information content (AvgIpc) is 2.38. The maximum Gasteiger partial charge on any atom is 0.303 e. The van der Waals surface area contributed by atoms with E-state index in [9.17, 15) is 23.3 Å². The lowest BCUT2D eigenvalue weighted by atomic mass is 10.2. The van der Waals surface area contributed by atoms with Crippen molar-refractivity contribution < 1.29 is 23.2 Å². The first-order valence-corrected chi connectivity index (χ1v) is 7.72. The highest BCUT2D eigenvalue weighted by Gasteiger charge is 2.19. The van der Waals surface area contributed by atoms with Gasteiger partial charge in [0.15, 0.2) is 0 Å². The Labute approximate surface area is 122 Å². The molecule has 0 saturated heterocycles. The minimum Gasteiger partial charge on any atom is -0.481 e. The van der Waals surface area contributed by atoms with Gasteiger partial charge in [0.1, 0.15) is 0 Å². The monoisotopic (exact) mass is 316 g/mol. The Kier molecular flexibility index (Phi) is 5.79. The zero-order valence-corrected chi connectivity index (χ0v) is 12.2. The zero-order chi connectivity index (χ0) is 16.0. The summed E-state index contributed by atoms with van der Waals surface area (Å²) in [5.74, 6) is -1.32. The van der Waals surface area contributed by atoms with E-state index in [0.29, 0.717) is 5.56 Å². The quantitative estimate of drug-likeness (QED) is 0.569. The van der Waals surface area contributed by atoms with E-state index in [4.69, 9.17) is 5.11 Å². The van der Waals surface area contributed by atoms with Crippen molar-refractivity contribution >= 4 is 21.7 Å². The van der Waals surface area contributed by atoms with Gasteiger partial charge < -0.3 is 5.11 Å². The summed E-state index contributed by atoms with van der Waals surface area (Å²) in [5, 5.41) is 19.2. The molecule has 0 aliphatic heterocycles.